The molecule has 1 fully saturated rings. The minimum atomic E-state index is 0.439. The molecule has 0 unspecified atom stereocenters. The van der Waals surface area contributed by atoms with Gasteiger partial charge in [0.2, 0.25) is 0 Å². The summed E-state index contributed by atoms with van der Waals surface area (Å²) in [7, 11) is 0. The van der Waals surface area contributed by atoms with E-state index in [4.69, 9.17) is 0 Å². The van der Waals surface area contributed by atoms with E-state index in [1.807, 2.05) is 30.1 Å². The first-order chi connectivity index (χ1) is 7.74. The van der Waals surface area contributed by atoms with Gasteiger partial charge in [0, 0.05) is 22.0 Å². The number of aromatic nitrogens is 1. The predicted octanol–water partition coefficient (Wildman–Crippen LogP) is 3.93. The number of nitrogens with zero attached hydrogens (tertiary/aromatic N) is 1. The molecule has 16 heavy (non-hydrogen) atoms. The summed E-state index contributed by atoms with van der Waals surface area (Å²) in [5, 5.41) is 3.45. The second kappa shape index (κ2) is 5.41. The number of thioether (sulfide) groups is 1. The van der Waals surface area contributed by atoms with Gasteiger partial charge in [0.15, 0.2) is 0 Å². The van der Waals surface area contributed by atoms with Crippen molar-refractivity contribution in [3.63, 3.8) is 0 Å². The maximum absolute atomic E-state index is 4.34. The Kier molecular flexibility index (Phi) is 4.14. The molecule has 0 radical (unpaired) electrons. The molecule has 0 aliphatic heterocycles. The van der Waals surface area contributed by atoms with E-state index in [0.29, 0.717) is 4.75 Å². The van der Waals surface area contributed by atoms with Crippen molar-refractivity contribution in [3.8, 4) is 0 Å². The summed E-state index contributed by atoms with van der Waals surface area (Å²) in [6, 6.07) is 4.04. The molecule has 0 atom stereocenters. The molecule has 4 heteroatoms. The number of hydrogen-bond acceptors (Lipinski definition) is 3. The predicted molar refractivity (Wildman–Crippen MR) is 75.1 cm³/mol. The van der Waals surface area contributed by atoms with Crippen LogP contribution in [-0.4, -0.2) is 22.5 Å². The molecule has 0 bridgehead atoms. The molecule has 0 saturated heterocycles. The van der Waals surface area contributed by atoms with Crippen molar-refractivity contribution in [1.82, 2.24) is 4.98 Å². The highest BCUT2D eigenvalue weighted by Gasteiger charge is 2.32. The van der Waals surface area contributed by atoms with Crippen LogP contribution in [0.25, 0.3) is 0 Å². The van der Waals surface area contributed by atoms with E-state index in [1.165, 1.54) is 25.7 Å². The van der Waals surface area contributed by atoms with Crippen LogP contribution in [0.1, 0.15) is 25.7 Å². The highest BCUT2D eigenvalue weighted by Crippen LogP contribution is 2.40. The number of hydrogen-bond donors (Lipinski definition) is 1. The molecule has 1 N–H and O–H groups in total. The monoisotopic (exact) mass is 300 g/mol. The molecule has 88 valence electrons. The molecular weight excluding hydrogens is 284 g/mol. The minimum absolute atomic E-state index is 0.439. The second-order valence-electron chi connectivity index (χ2n) is 4.31. The summed E-state index contributed by atoms with van der Waals surface area (Å²) in [6.45, 7) is 1.03. The first-order valence-electron chi connectivity index (χ1n) is 5.65. The molecule has 1 aromatic heterocycles. The fraction of sp³-hybridized carbons (Fsp3) is 0.583. The van der Waals surface area contributed by atoms with Gasteiger partial charge in [-0.1, -0.05) is 12.8 Å². The van der Waals surface area contributed by atoms with Gasteiger partial charge in [-0.15, -0.1) is 0 Å². The SMILES string of the molecule is CSC1(CNc2ccc(Br)cn2)CCCC1. The lowest BCUT2D eigenvalue weighted by molar-refractivity contribution is 0.638. The van der Waals surface area contributed by atoms with Crippen LogP contribution in [0.4, 0.5) is 5.82 Å². The Hall–Kier alpha value is -0.220. The third kappa shape index (κ3) is 2.92. The molecule has 0 aromatic carbocycles. The lowest BCUT2D eigenvalue weighted by Gasteiger charge is -2.27. The third-order valence-corrected chi connectivity index (χ3v) is 5.15. The van der Waals surface area contributed by atoms with Crippen LogP contribution >= 0.6 is 27.7 Å². The smallest absolute Gasteiger partial charge is 0.126 e. The van der Waals surface area contributed by atoms with E-state index in [-0.39, 0.29) is 0 Å². The van der Waals surface area contributed by atoms with E-state index in [9.17, 15) is 0 Å². The first kappa shape index (κ1) is 12.2. The average molecular weight is 301 g/mol. The number of anilines is 1. The standard InChI is InChI=1S/C12H17BrN2S/c1-16-12(6-2-3-7-12)9-15-11-5-4-10(13)8-14-11/h4-5,8H,2-3,6-7,9H2,1H3,(H,14,15). The van der Waals surface area contributed by atoms with Crippen LogP contribution in [0, 0.1) is 0 Å². The Morgan fingerprint density at radius 2 is 2.19 bits per heavy atom. The summed E-state index contributed by atoms with van der Waals surface area (Å²) in [5.74, 6) is 0.975. The van der Waals surface area contributed by atoms with Crippen LogP contribution in [-0.2, 0) is 0 Å². The quantitative estimate of drug-likeness (QED) is 0.912. The van der Waals surface area contributed by atoms with Crippen molar-refractivity contribution in [3.05, 3.63) is 22.8 Å². The lowest BCUT2D eigenvalue weighted by atomic mass is 10.1. The van der Waals surface area contributed by atoms with Crippen molar-refractivity contribution >= 4 is 33.5 Å². The zero-order chi connectivity index (χ0) is 11.4. The van der Waals surface area contributed by atoms with Crippen LogP contribution < -0.4 is 5.32 Å². The van der Waals surface area contributed by atoms with Crippen LogP contribution in [0.5, 0.6) is 0 Å². The van der Waals surface area contributed by atoms with E-state index in [0.717, 1.165) is 16.8 Å². The van der Waals surface area contributed by atoms with E-state index in [2.05, 4.69) is 32.5 Å². The van der Waals surface area contributed by atoms with Gasteiger partial charge in [-0.05, 0) is 47.2 Å². The maximum atomic E-state index is 4.34. The Balaban J connectivity index is 1.93. The molecule has 0 spiro atoms. The van der Waals surface area contributed by atoms with Crippen LogP contribution in [0.15, 0.2) is 22.8 Å². The van der Waals surface area contributed by atoms with Gasteiger partial charge in [-0.3, -0.25) is 0 Å². The number of rotatable bonds is 4. The second-order valence-corrected chi connectivity index (χ2v) is 6.50. The van der Waals surface area contributed by atoms with Crippen LogP contribution in [0.2, 0.25) is 0 Å². The normalized spacial score (nSPS) is 18.6. The fourth-order valence-corrected chi connectivity index (χ4v) is 3.35. The van der Waals surface area contributed by atoms with Crippen molar-refractivity contribution in [2.24, 2.45) is 0 Å². The molecule has 1 heterocycles. The third-order valence-electron chi connectivity index (χ3n) is 3.27. The molecule has 2 rings (SSSR count). The summed E-state index contributed by atoms with van der Waals surface area (Å²) in [6.07, 6.45) is 9.46. The maximum Gasteiger partial charge on any atom is 0.126 e. The fourth-order valence-electron chi connectivity index (χ4n) is 2.20. The van der Waals surface area contributed by atoms with Crippen molar-refractivity contribution in [2.75, 3.05) is 18.1 Å². The lowest BCUT2D eigenvalue weighted by Crippen LogP contribution is -2.30. The molecule has 0 amide bonds. The zero-order valence-electron chi connectivity index (χ0n) is 9.50. The van der Waals surface area contributed by atoms with Gasteiger partial charge in [0.1, 0.15) is 5.82 Å². The Labute approximate surface area is 110 Å². The molecule has 1 aliphatic rings. The summed E-state index contributed by atoms with van der Waals surface area (Å²) >= 11 is 5.40. The van der Waals surface area contributed by atoms with E-state index >= 15 is 0 Å². The molecule has 2 nitrogen and oxygen atoms in total. The van der Waals surface area contributed by atoms with Gasteiger partial charge in [0.05, 0.1) is 0 Å². The highest BCUT2D eigenvalue weighted by atomic mass is 79.9. The molecule has 1 aliphatic carbocycles. The van der Waals surface area contributed by atoms with Gasteiger partial charge in [-0.25, -0.2) is 4.98 Å². The highest BCUT2D eigenvalue weighted by molar-refractivity contribution is 9.10. The zero-order valence-corrected chi connectivity index (χ0v) is 11.9. The minimum Gasteiger partial charge on any atom is -0.369 e. The number of pyridine rings is 1. The van der Waals surface area contributed by atoms with Crippen molar-refractivity contribution in [1.29, 1.82) is 0 Å². The largest absolute Gasteiger partial charge is 0.369 e. The summed E-state index contributed by atoms with van der Waals surface area (Å²) in [5.41, 5.74) is 0. The number of halogens is 1. The Morgan fingerprint density at radius 3 is 2.75 bits per heavy atom. The van der Waals surface area contributed by atoms with E-state index in [1.54, 1.807) is 0 Å². The first-order valence-corrected chi connectivity index (χ1v) is 7.66. The average Bonchev–Trinajstić information content (AvgIpc) is 2.78. The number of nitrogens with one attached hydrogen (secondary N) is 1. The topological polar surface area (TPSA) is 24.9 Å². The summed E-state index contributed by atoms with van der Waals surface area (Å²) < 4.78 is 1.47. The molecular formula is C12H17BrN2S. The van der Waals surface area contributed by atoms with Crippen molar-refractivity contribution in [2.45, 2.75) is 30.4 Å². The van der Waals surface area contributed by atoms with Crippen molar-refractivity contribution < 1.29 is 0 Å². The van der Waals surface area contributed by atoms with Gasteiger partial charge in [-0.2, -0.15) is 11.8 Å². The molecule has 1 aromatic rings. The van der Waals surface area contributed by atoms with Gasteiger partial charge >= 0.3 is 0 Å². The Bertz CT molecular complexity index is 333. The van der Waals surface area contributed by atoms with Crippen LogP contribution in [0.3, 0.4) is 0 Å². The molecule has 1 saturated carbocycles. The summed E-state index contributed by atoms with van der Waals surface area (Å²) in [4.78, 5) is 4.34. The van der Waals surface area contributed by atoms with Gasteiger partial charge < -0.3 is 5.32 Å². The Morgan fingerprint density at radius 1 is 1.44 bits per heavy atom. The van der Waals surface area contributed by atoms with E-state index < -0.39 is 0 Å². The van der Waals surface area contributed by atoms with Gasteiger partial charge in [0.25, 0.3) is 0 Å².